The Labute approximate surface area is 204 Å². The standard InChI is InChI=1S/C33H26N2/c1-22(2)23-16-18-32-28(20-23)26-12-6-9-15-31(26)35(32)25-17-19-33-29(21-25)27-13-7-8-14-30(27)34(33)24-10-4-3-5-11-24/h3-22H,1-2H3. The van der Waals surface area contributed by atoms with Crippen LogP contribution in [0.3, 0.4) is 0 Å². The van der Waals surface area contributed by atoms with Gasteiger partial charge in [-0.15, -0.1) is 0 Å². The summed E-state index contributed by atoms with van der Waals surface area (Å²) < 4.78 is 4.79. The third-order valence-electron chi connectivity index (χ3n) is 7.29. The highest BCUT2D eigenvalue weighted by atomic mass is 15.0. The van der Waals surface area contributed by atoms with E-state index in [-0.39, 0.29) is 0 Å². The van der Waals surface area contributed by atoms with E-state index in [1.807, 2.05) is 0 Å². The molecule has 0 amide bonds. The van der Waals surface area contributed by atoms with Gasteiger partial charge in [0.15, 0.2) is 0 Å². The number of fused-ring (bicyclic) bond motifs is 6. The lowest BCUT2D eigenvalue weighted by atomic mass is 10.0. The van der Waals surface area contributed by atoms with Gasteiger partial charge in [-0.05, 0) is 66.1 Å². The summed E-state index contributed by atoms with van der Waals surface area (Å²) in [5.74, 6) is 0.502. The Hall–Kier alpha value is -4.30. The van der Waals surface area contributed by atoms with Gasteiger partial charge < -0.3 is 9.13 Å². The smallest absolute Gasteiger partial charge is 0.0542 e. The van der Waals surface area contributed by atoms with Crippen molar-refractivity contribution in [2.45, 2.75) is 19.8 Å². The van der Waals surface area contributed by atoms with Crippen LogP contribution in [0.15, 0.2) is 115 Å². The molecule has 0 bridgehead atoms. The van der Waals surface area contributed by atoms with Gasteiger partial charge in [-0.25, -0.2) is 0 Å². The first-order chi connectivity index (χ1) is 17.2. The topological polar surface area (TPSA) is 9.86 Å². The molecule has 2 heteroatoms. The van der Waals surface area contributed by atoms with Crippen molar-refractivity contribution in [3.63, 3.8) is 0 Å². The Morgan fingerprint density at radius 3 is 1.60 bits per heavy atom. The maximum absolute atomic E-state index is 2.42. The molecule has 0 saturated carbocycles. The third-order valence-corrected chi connectivity index (χ3v) is 7.29. The van der Waals surface area contributed by atoms with Crippen molar-refractivity contribution in [3.8, 4) is 11.4 Å². The second kappa shape index (κ2) is 7.61. The summed E-state index contributed by atoms with van der Waals surface area (Å²) >= 11 is 0. The predicted octanol–water partition coefficient (Wildman–Crippen LogP) is 9.00. The largest absolute Gasteiger partial charge is 0.309 e. The zero-order valence-corrected chi connectivity index (χ0v) is 19.9. The number of hydrogen-bond donors (Lipinski definition) is 0. The number of para-hydroxylation sites is 3. The van der Waals surface area contributed by atoms with Crippen molar-refractivity contribution < 1.29 is 0 Å². The van der Waals surface area contributed by atoms with E-state index in [0.29, 0.717) is 5.92 Å². The van der Waals surface area contributed by atoms with Crippen LogP contribution < -0.4 is 0 Å². The fraction of sp³-hybridized carbons (Fsp3) is 0.0909. The molecule has 0 radical (unpaired) electrons. The van der Waals surface area contributed by atoms with Gasteiger partial charge in [0.05, 0.1) is 22.1 Å². The zero-order chi connectivity index (χ0) is 23.5. The van der Waals surface area contributed by atoms with Crippen LogP contribution in [0.5, 0.6) is 0 Å². The SMILES string of the molecule is CC(C)c1ccc2c(c1)c1ccccc1n2-c1ccc2c(c1)c1ccccc1n2-c1ccccc1. The van der Waals surface area contributed by atoms with Crippen LogP contribution in [0.1, 0.15) is 25.3 Å². The number of aromatic nitrogens is 2. The van der Waals surface area contributed by atoms with Crippen LogP contribution in [0.2, 0.25) is 0 Å². The average molecular weight is 451 g/mol. The molecule has 0 atom stereocenters. The Bertz CT molecular complexity index is 1870. The summed E-state index contributed by atoms with van der Waals surface area (Å²) in [5.41, 5.74) is 8.71. The Morgan fingerprint density at radius 2 is 0.943 bits per heavy atom. The van der Waals surface area contributed by atoms with E-state index in [4.69, 9.17) is 0 Å². The van der Waals surface area contributed by atoms with Gasteiger partial charge in [-0.1, -0.05) is 74.5 Å². The molecule has 2 nitrogen and oxygen atoms in total. The van der Waals surface area contributed by atoms with Crippen LogP contribution in [-0.4, -0.2) is 9.13 Å². The Morgan fingerprint density at radius 1 is 0.429 bits per heavy atom. The summed E-state index contributed by atoms with van der Waals surface area (Å²) in [6.07, 6.45) is 0. The monoisotopic (exact) mass is 450 g/mol. The molecule has 7 rings (SSSR count). The number of hydrogen-bond acceptors (Lipinski definition) is 0. The lowest BCUT2D eigenvalue weighted by molar-refractivity contribution is 0.868. The number of nitrogens with zero attached hydrogens (tertiary/aromatic N) is 2. The molecule has 0 aliphatic heterocycles. The van der Waals surface area contributed by atoms with Crippen molar-refractivity contribution in [3.05, 3.63) is 121 Å². The van der Waals surface area contributed by atoms with Crippen LogP contribution in [0.25, 0.3) is 55.0 Å². The minimum Gasteiger partial charge on any atom is -0.309 e. The van der Waals surface area contributed by atoms with Crippen molar-refractivity contribution >= 4 is 43.6 Å². The highest BCUT2D eigenvalue weighted by molar-refractivity contribution is 6.12. The van der Waals surface area contributed by atoms with Gasteiger partial charge in [0.2, 0.25) is 0 Å². The molecule has 5 aromatic carbocycles. The molecular formula is C33H26N2. The maximum Gasteiger partial charge on any atom is 0.0542 e. The lowest BCUT2D eigenvalue weighted by Gasteiger charge is -2.11. The fourth-order valence-electron chi connectivity index (χ4n) is 5.58. The highest BCUT2D eigenvalue weighted by Gasteiger charge is 2.16. The van der Waals surface area contributed by atoms with E-state index in [1.165, 1.54) is 60.5 Å². The van der Waals surface area contributed by atoms with Crippen molar-refractivity contribution in [2.24, 2.45) is 0 Å². The van der Waals surface area contributed by atoms with E-state index in [0.717, 1.165) is 0 Å². The van der Waals surface area contributed by atoms with Gasteiger partial charge in [0.25, 0.3) is 0 Å². The molecule has 0 aliphatic carbocycles. The second-order valence-corrected chi connectivity index (χ2v) is 9.67. The fourth-order valence-corrected chi connectivity index (χ4v) is 5.58. The van der Waals surface area contributed by atoms with E-state index in [9.17, 15) is 0 Å². The average Bonchev–Trinajstić information content (AvgIpc) is 3.41. The van der Waals surface area contributed by atoms with Gasteiger partial charge in [0.1, 0.15) is 0 Å². The molecule has 35 heavy (non-hydrogen) atoms. The van der Waals surface area contributed by atoms with Gasteiger partial charge in [-0.2, -0.15) is 0 Å². The van der Waals surface area contributed by atoms with Crippen LogP contribution in [-0.2, 0) is 0 Å². The molecule has 0 unspecified atom stereocenters. The first kappa shape index (κ1) is 20.1. The number of rotatable bonds is 3. The summed E-state index contributed by atoms with van der Waals surface area (Å²) in [7, 11) is 0. The third kappa shape index (κ3) is 2.96. The molecule has 0 N–H and O–H groups in total. The van der Waals surface area contributed by atoms with E-state index in [2.05, 4.69) is 138 Å². The Balaban J connectivity index is 1.55. The van der Waals surface area contributed by atoms with E-state index in [1.54, 1.807) is 0 Å². The van der Waals surface area contributed by atoms with Crippen molar-refractivity contribution in [1.82, 2.24) is 9.13 Å². The molecule has 2 aromatic heterocycles. The Kier molecular flexibility index (Phi) is 4.37. The summed E-state index contributed by atoms with van der Waals surface area (Å²) in [4.78, 5) is 0. The normalized spacial score (nSPS) is 12.0. The van der Waals surface area contributed by atoms with Crippen molar-refractivity contribution in [2.75, 3.05) is 0 Å². The quantitative estimate of drug-likeness (QED) is 0.254. The van der Waals surface area contributed by atoms with Crippen molar-refractivity contribution in [1.29, 1.82) is 0 Å². The molecule has 0 fully saturated rings. The minimum atomic E-state index is 0.502. The lowest BCUT2D eigenvalue weighted by Crippen LogP contribution is -1.96. The number of benzene rings is 5. The van der Waals surface area contributed by atoms with Crippen LogP contribution in [0.4, 0.5) is 0 Å². The van der Waals surface area contributed by atoms with Gasteiger partial charge in [-0.3, -0.25) is 0 Å². The van der Waals surface area contributed by atoms with E-state index < -0.39 is 0 Å². The summed E-state index contributed by atoms with van der Waals surface area (Å²) in [5, 5.41) is 5.16. The first-order valence-corrected chi connectivity index (χ1v) is 12.3. The van der Waals surface area contributed by atoms with Gasteiger partial charge in [0, 0.05) is 32.9 Å². The molecule has 0 saturated heterocycles. The zero-order valence-electron chi connectivity index (χ0n) is 19.9. The predicted molar refractivity (Wildman–Crippen MR) is 149 cm³/mol. The molecule has 0 spiro atoms. The molecule has 0 aliphatic rings. The first-order valence-electron chi connectivity index (χ1n) is 12.3. The summed E-state index contributed by atoms with van der Waals surface area (Å²) in [6.45, 7) is 4.52. The molecular weight excluding hydrogens is 424 g/mol. The maximum atomic E-state index is 2.42. The van der Waals surface area contributed by atoms with Crippen LogP contribution in [0, 0.1) is 0 Å². The second-order valence-electron chi connectivity index (χ2n) is 9.67. The molecule has 2 heterocycles. The van der Waals surface area contributed by atoms with Gasteiger partial charge >= 0.3 is 0 Å². The minimum absolute atomic E-state index is 0.502. The highest BCUT2D eigenvalue weighted by Crippen LogP contribution is 2.37. The molecule has 7 aromatic rings. The summed E-state index contributed by atoms with van der Waals surface area (Å²) in [6, 6.07) is 42.0. The van der Waals surface area contributed by atoms with Crippen LogP contribution >= 0.6 is 0 Å². The van der Waals surface area contributed by atoms with E-state index >= 15 is 0 Å². The molecule has 168 valence electrons.